The van der Waals surface area contributed by atoms with Gasteiger partial charge < -0.3 is 5.21 Å². The summed E-state index contributed by atoms with van der Waals surface area (Å²) in [5.74, 6) is -0.329. The highest BCUT2D eigenvalue weighted by atomic mass is 79.9. The molecule has 1 aromatic carbocycles. The van der Waals surface area contributed by atoms with Crippen LogP contribution >= 0.6 is 15.9 Å². The first-order valence-electron chi connectivity index (χ1n) is 3.22. The SMILES string of the molecule is O=C(C=NO)c1ccccc1Br. The maximum Gasteiger partial charge on any atom is 0.208 e. The Morgan fingerprint density at radius 2 is 2.17 bits per heavy atom. The predicted molar refractivity (Wildman–Crippen MR) is 48.8 cm³/mol. The Bertz CT molecular complexity index is 323. The van der Waals surface area contributed by atoms with Gasteiger partial charge >= 0.3 is 0 Å². The summed E-state index contributed by atoms with van der Waals surface area (Å²) in [5.41, 5.74) is 0.482. The van der Waals surface area contributed by atoms with E-state index >= 15 is 0 Å². The smallest absolute Gasteiger partial charge is 0.208 e. The molecule has 0 bridgehead atoms. The monoisotopic (exact) mass is 227 g/mol. The van der Waals surface area contributed by atoms with Crippen LogP contribution < -0.4 is 0 Å². The number of oxime groups is 1. The van der Waals surface area contributed by atoms with Crippen molar-refractivity contribution >= 4 is 27.9 Å². The topological polar surface area (TPSA) is 49.7 Å². The zero-order valence-corrected chi connectivity index (χ0v) is 7.65. The fourth-order valence-electron chi connectivity index (χ4n) is 0.783. The van der Waals surface area contributed by atoms with Crippen molar-refractivity contribution < 1.29 is 10.0 Å². The van der Waals surface area contributed by atoms with Crippen LogP contribution in [-0.2, 0) is 0 Å². The summed E-state index contributed by atoms with van der Waals surface area (Å²) in [6.45, 7) is 0. The summed E-state index contributed by atoms with van der Waals surface area (Å²) in [6.07, 6.45) is 0.861. The van der Waals surface area contributed by atoms with Gasteiger partial charge in [0.2, 0.25) is 5.78 Å². The van der Waals surface area contributed by atoms with Crippen molar-refractivity contribution in [1.29, 1.82) is 0 Å². The van der Waals surface area contributed by atoms with Crippen molar-refractivity contribution in [3.8, 4) is 0 Å². The Labute approximate surface area is 77.8 Å². The molecule has 0 spiro atoms. The van der Waals surface area contributed by atoms with E-state index in [9.17, 15) is 4.79 Å². The van der Waals surface area contributed by atoms with Gasteiger partial charge in [0.25, 0.3) is 0 Å². The molecule has 12 heavy (non-hydrogen) atoms. The molecule has 1 rings (SSSR count). The van der Waals surface area contributed by atoms with E-state index in [2.05, 4.69) is 21.1 Å². The van der Waals surface area contributed by atoms with Crippen LogP contribution in [-0.4, -0.2) is 17.2 Å². The molecule has 0 aliphatic rings. The lowest BCUT2D eigenvalue weighted by Crippen LogP contribution is -2.00. The molecule has 0 saturated heterocycles. The third-order valence-electron chi connectivity index (χ3n) is 1.31. The predicted octanol–water partition coefficient (Wildman–Crippen LogP) is 2.09. The van der Waals surface area contributed by atoms with E-state index in [0.717, 1.165) is 6.21 Å². The highest BCUT2D eigenvalue weighted by Gasteiger charge is 2.05. The number of carbonyl (C=O) groups is 1. The molecule has 0 radical (unpaired) electrons. The van der Waals surface area contributed by atoms with Crippen molar-refractivity contribution in [2.75, 3.05) is 0 Å². The number of hydrogen-bond acceptors (Lipinski definition) is 3. The number of Topliss-reactive ketones (excluding diaryl/α,β-unsaturated/α-hetero) is 1. The van der Waals surface area contributed by atoms with E-state index in [-0.39, 0.29) is 5.78 Å². The molecule has 0 aliphatic heterocycles. The molecular formula is C8H6BrNO2. The van der Waals surface area contributed by atoms with Gasteiger partial charge in [-0.2, -0.15) is 0 Å². The molecule has 0 heterocycles. The second-order valence-electron chi connectivity index (χ2n) is 2.09. The quantitative estimate of drug-likeness (QED) is 0.364. The van der Waals surface area contributed by atoms with Crippen molar-refractivity contribution in [2.45, 2.75) is 0 Å². The molecule has 4 heteroatoms. The number of hydrogen-bond donors (Lipinski definition) is 1. The highest BCUT2D eigenvalue weighted by Crippen LogP contribution is 2.15. The Morgan fingerprint density at radius 3 is 2.75 bits per heavy atom. The fourth-order valence-corrected chi connectivity index (χ4v) is 1.26. The molecule has 3 nitrogen and oxygen atoms in total. The van der Waals surface area contributed by atoms with E-state index in [0.29, 0.717) is 10.0 Å². The minimum absolute atomic E-state index is 0.329. The summed E-state index contributed by atoms with van der Waals surface area (Å²) in [7, 11) is 0. The number of rotatable bonds is 2. The zero-order valence-electron chi connectivity index (χ0n) is 6.07. The van der Waals surface area contributed by atoms with E-state index in [4.69, 9.17) is 5.21 Å². The summed E-state index contributed by atoms with van der Waals surface area (Å²) >= 11 is 3.20. The third-order valence-corrected chi connectivity index (χ3v) is 2.01. The van der Waals surface area contributed by atoms with Gasteiger partial charge in [-0.15, -0.1) is 0 Å². The summed E-state index contributed by atoms with van der Waals surface area (Å²) in [5, 5.41) is 10.8. The maximum absolute atomic E-state index is 11.1. The lowest BCUT2D eigenvalue weighted by atomic mass is 10.1. The van der Waals surface area contributed by atoms with Gasteiger partial charge in [-0.1, -0.05) is 33.2 Å². The first kappa shape index (κ1) is 8.93. The van der Waals surface area contributed by atoms with Gasteiger partial charge in [0.1, 0.15) is 6.21 Å². The van der Waals surface area contributed by atoms with E-state index in [1.807, 2.05) is 0 Å². The average Bonchev–Trinajstić information content (AvgIpc) is 2.05. The van der Waals surface area contributed by atoms with Crippen molar-refractivity contribution in [3.05, 3.63) is 34.3 Å². The standard InChI is InChI=1S/C8H6BrNO2/c9-7-4-2-1-3-6(7)8(11)5-10-12/h1-5,12H. The maximum atomic E-state index is 11.1. The lowest BCUT2D eigenvalue weighted by Gasteiger charge is -1.96. The number of benzene rings is 1. The van der Waals surface area contributed by atoms with Crippen LogP contribution in [0.4, 0.5) is 0 Å². The summed E-state index contributed by atoms with van der Waals surface area (Å²) in [6, 6.07) is 6.94. The molecule has 62 valence electrons. The number of carbonyl (C=O) groups excluding carboxylic acids is 1. The fraction of sp³-hybridized carbons (Fsp3) is 0. The molecular weight excluding hydrogens is 222 g/mol. The van der Waals surface area contributed by atoms with Gasteiger partial charge in [0, 0.05) is 10.0 Å². The second kappa shape index (κ2) is 4.01. The summed E-state index contributed by atoms with van der Waals surface area (Å²) in [4.78, 5) is 11.1. The molecule has 0 unspecified atom stereocenters. The number of ketones is 1. The van der Waals surface area contributed by atoms with Crippen LogP contribution in [0.1, 0.15) is 10.4 Å². The van der Waals surface area contributed by atoms with Crippen LogP contribution in [0.15, 0.2) is 33.9 Å². The molecule has 1 aromatic rings. The molecule has 0 saturated carbocycles. The minimum Gasteiger partial charge on any atom is -0.411 e. The van der Waals surface area contributed by atoms with Crippen LogP contribution in [0.3, 0.4) is 0 Å². The first-order chi connectivity index (χ1) is 5.75. The first-order valence-corrected chi connectivity index (χ1v) is 4.01. The highest BCUT2D eigenvalue weighted by molar-refractivity contribution is 9.10. The van der Waals surface area contributed by atoms with Gasteiger partial charge in [-0.05, 0) is 12.1 Å². The molecule has 0 aliphatic carbocycles. The van der Waals surface area contributed by atoms with Crippen LogP contribution in [0.5, 0.6) is 0 Å². The number of halogens is 1. The summed E-state index contributed by atoms with van der Waals surface area (Å²) < 4.78 is 0.690. The Kier molecular flexibility index (Phi) is 2.99. The van der Waals surface area contributed by atoms with Crippen molar-refractivity contribution in [3.63, 3.8) is 0 Å². The van der Waals surface area contributed by atoms with Gasteiger partial charge in [0.15, 0.2) is 0 Å². The van der Waals surface area contributed by atoms with Gasteiger partial charge in [-0.25, -0.2) is 0 Å². The largest absolute Gasteiger partial charge is 0.411 e. The molecule has 1 N–H and O–H groups in total. The van der Waals surface area contributed by atoms with Crippen LogP contribution in [0.2, 0.25) is 0 Å². The van der Waals surface area contributed by atoms with Gasteiger partial charge in [0.05, 0.1) is 0 Å². The van der Waals surface area contributed by atoms with E-state index in [1.165, 1.54) is 0 Å². The normalized spacial score (nSPS) is 10.4. The third kappa shape index (κ3) is 1.92. The van der Waals surface area contributed by atoms with Crippen LogP contribution in [0, 0.1) is 0 Å². The van der Waals surface area contributed by atoms with E-state index < -0.39 is 0 Å². The Hall–Kier alpha value is -1.16. The average molecular weight is 228 g/mol. The zero-order chi connectivity index (χ0) is 8.97. The number of nitrogens with zero attached hydrogens (tertiary/aromatic N) is 1. The molecule has 0 atom stereocenters. The van der Waals surface area contributed by atoms with Crippen molar-refractivity contribution in [2.24, 2.45) is 5.16 Å². The second-order valence-corrected chi connectivity index (χ2v) is 2.94. The Morgan fingerprint density at radius 1 is 1.50 bits per heavy atom. The Balaban J connectivity index is 3.03. The van der Waals surface area contributed by atoms with E-state index in [1.54, 1.807) is 24.3 Å². The molecule has 0 aromatic heterocycles. The van der Waals surface area contributed by atoms with Gasteiger partial charge in [-0.3, -0.25) is 4.79 Å². The molecule has 0 fully saturated rings. The van der Waals surface area contributed by atoms with Crippen LogP contribution in [0.25, 0.3) is 0 Å². The lowest BCUT2D eigenvalue weighted by molar-refractivity contribution is 0.106. The van der Waals surface area contributed by atoms with Crippen molar-refractivity contribution in [1.82, 2.24) is 0 Å². The molecule has 0 amide bonds. The minimum atomic E-state index is -0.329.